The Kier molecular flexibility index (Phi) is 3.16. The summed E-state index contributed by atoms with van der Waals surface area (Å²) in [6, 6.07) is 1.57. The molecule has 1 aliphatic rings. The lowest BCUT2D eigenvalue weighted by molar-refractivity contribution is 0.381. The second-order valence-electron chi connectivity index (χ2n) is 4.28. The number of nitrogens with zero attached hydrogens (tertiary/aromatic N) is 2. The molecule has 0 radical (unpaired) electrons. The first-order valence-corrected chi connectivity index (χ1v) is 5.53. The van der Waals surface area contributed by atoms with Crippen LogP contribution in [0.15, 0.2) is 23.4 Å². The first-order valence-electron chi connectivity index (χ1n) is 5.53. The molecule has 0 aromatic carbocycles. The summed E-state index contributed by atoms with van der Waals surface area (Å²) < 4.78 is 1.60. The highest BCUT2D eigenvalue weighted by Gasteiger charge is 2.22. The minimum Gasteiger partial charge on any atom is -0.326 e. The third kappa shape index (κ3) is 2.45. The molecular formula is C11H17N3O. The predicted octanol–water partition coefficient (Wildman–Crippen LogP) is 0.761. The Labute approximate surface area is 89.1 Å². The van der Waals surface area contributed by atoms with Crippen LogP contribution in [-0.2, 0) is 6.54 Å². The quantitative estimate of drug-likeness (QED) is 0.796. The number of rotatable bonds is 3. The molecule has 0 bridgehead atoms. The lowest BCUT2D eigenvalue weighted by atomic mass is 9.99. The molecule has 2 rings (SSSR count). The van der Waals surface area contributed by atoms with E-state index in [0.717, 1.165) is 0 Å². The zero-order valence-electron chi connectivity index (χ0n) is 8.80. The SMILES string of the molecule is NC(Cn1cnccc1=O)C1CCCC1. The van der Waals surface area contributed by atoms with Gasteiger partial charge in [-0.2, -0.15) is 0 Å². The van der Waals surface area contributed by atoms with Crippen LogP contribution in [0.4, 0.5) is 0 Å². The van der Waals surface area contributed by atoms with Gasteiger partial charge in [-0.1, -0.05) is 12.8 Å². The van der Waals surface area contributed by atoms with E-state index in [4.69, 9.17) is 5.73 Å². The van der Waals surface area contributed by atoms with Crippen molar-refractivity contribution in [2.75, 3.05) is 0 Å². The molecule has 0 aliphatic heterocycles. The van der Waals surface area contributed by atoms with Gasteiger partial charge in [0.2, 0.25) is 0 Å². The second-order valence-corrected chi connectivity index (χ2v) is 4.28. The molecule has 0 amide bonds. The summed E-state index contributed by atoms with van der Waals surface area (Å²) in [5, 5.41) is 0. The van der Waals surface area contributed by atoms with Gasteiger partial charge >= 0.3 is 0 Å². The highest BCUT2D eigenvalue weighted by Crippen LogP contribution is 2.27. The van der Waals surface area contributed by atoms with Gasteiger partial charge < -0.3 is 5.73 Å². The Morgan fingerprint density at radius 1 is 1.53 bits per heavy atom. The van der Waals surface area contributed by atoms with E-state index in [1.807, 2.05) is 0 Å². The van der Waals surface area contributed by atoms with Gasteiger partial charge in [0.05, 0.1) is 6.33 Å². The Bertz CT molecular complexity index is 368. The zero-order valence-corrected chi connectivity index (χ0v) is 8.80. The van der Waals surface area contributed by atoms with Gasteiger partial charge in [-0.05, 0) is 18.8 Å². The summed E-state index contributed by atoms with van der Waals surface area (Å²) in [6.45, 7) is 0.595. The van der Waals surface area contributed by atoms with Crippen molar-refractivity contribution in [2.24, 2.45) is 11.7 Å². The maximum Gasteiger partial charge on any atom is 0.253 e. The largest absolute Gasteiger partial charge is 0.326 e. The molecule has 1 aromatic heterocycles. The average molecular weight is 207 g/mol. The normalized spacial score (nSPS) is 19.3. The summed E-state index contributed by atoms with van der Waals surface area (Å²) in [6.07, 6.45) is 8.05. The third-order valence-electron chi connectivity index (χ3n) is 3.21. The van der Waals surface area contributed by atoms with E-state index in [9.17, 15) is 4.79 Å². The highest BCUT2D eigenvalue weighted by molar-refractivity contribution is 4.85. The predicted molar refractivity (Wildman–Crippen MR) is 58.4 cm³/mol. The smallest absolute Gasteiger partial charge is 0.253 e. The van der Waals surface area contributed by atoms with Crippen molar-refractivity contribution in [3.63, 3.8) is 0 Å². The third-order valence-corrected chi connectivity index (χ3v) is 3.21. The van der Waals surface area contributed by atoms with E-state index in [1.165, 1.54) is 37.9 Å². The molecule has 2 N–H and O–H groups in total. The van der Waals surface area contributed by atoms with E-state index >= 15 is 0 Å². The fourth-order valence-corrected chi connectivity index (χ4v) is 2.28. The van der Waals surface area contributed by atoms with Crippen LogP contribution < -0.4 is 11.3 Å². The van der Waals surface area contributed by atoms with Crippen LogP contribution in [0, 0.1) is 5.92 Å². The van der Waals surface area contributed by atoms with Gasteiger partial charge in [-0.3, -0.25) is 9.36 Å². The molecule has 0 spiro atoms. The van der Waals surface area contributed by atoms with E-state index in [-0.39, 0.29) is 11.6 Å². The number of nitrogens with two attached hydrogens (primary N) is 1. The molecule has 15 heavy (non-hydrogen) atoms. The van der Waals surface area contributed by atoms with Crippen molar-refractivity contribution in [2.45, 2.75) is 38.3 Å². The second kappa shape index (κ2) is 4.57. The summed E-state index contributed by atoms with van der Waals surface area (Å²) in [4.78, 5) is 15.4. The molecule has 1 fully saturated rings. The molecular weight excluding hydrogens is 190 g/mol. The molecule has 4 heteroatoms. The summed E-state index contributed by atoms with van der Waals surface area (Å²) in [5.74, 6) is 0.581. The molecule has 1 unspecified atom stereocenters. The van der Waals surface area contributed by atoms with Crippen LogP contribution in [0.1, 0.15) is 25.7 Å². The van der Waals surface area contributed by atoms with Crippen LogP contribution in [0.3, 0.4) is 0 Å². The molecule has 1 aromatic rings. The van der Waals surface area contributed by atoms with Gasteiger partial charge in [0.25, 0.3) is 5.56 Å². The Hall–Kier alpha value is -1.16. The van der Waals surface area contributed by atoms with Gasteiger partial charge in [0.15, 0.2) is 0 Å². The molecule has 1 heterocycles. The number of hydrogen-bond acceptors (Lipinski definition) is 3. The lowest BCUT2D eigenvalue weighted by Gasteiger charge is -2.19. The van der Waals surface area contributed by atoms with Crippen molar-refractivity contribution in [3.05, 3.63) is 28.9 Å². The van der Waals surface area contributed by atoms with E-state index in [0.29, 0.717) is 12.5 Å². The van der Waals surface area contributed by atoms with Crippen molar-refractivity contribution >= 4 is 0 Å². The molecule has 1 aliphatic carbocycles. The monoisotopic (exact) mass is 207 g/mol. The molecule has 1 atom stereocenters. The lowest BCUT2D eigenvalue weighted by Crippen LogP contribution is -2.36. The van der Waals surface area contributed by atoms with Gasteiger partial charge in [-0.25, -0.2) is 4.98 Å². The van der Waals surface area contributed by atoms with Crippen molar-refractivity contribution in [1.82, 2.24) is 9.55 Å². The summed E-state index contributed by atoms with van der Waals surface area (Å²) in [5.41, 5.74) is 6.08. The van der Waals surface area contributed by atoms with E-state index < -0.39 is 0 Å². The molecule has 82 valence electrons. The Morgan fingerprint density at radius 3 is 2.93 bits per heavy atom. The summed E-state index contributed by atoms with van der Waals surface area (Å²) >= 11 is 0. The molecule has 1 saturated carbocycles. The molecule has 0 saturated heterocycles. The minimum absolute atomic E-state index is 0.0153. The fourth-order valence-electron chi connectivity index (χ4n) is 2.28. The van der Waals surface area contributed by atoms with Crippen molar-refractivity contribution < 1.29 is 0 Å². The van der Waals surface area contributed by atoms with E-state index in [1.54, 1.807) is 10.9 Å². The highest BCUT2D eigenvalue weighted by atomic mass is 16.1. The Morgan fingerprint density at radius 2 is 2.27 bits per heavy atom. The maximum absolute atomic E-state index is 11.4. The standard InChI is InChI=1S/C11H17N3O/c12-10(9-3-1-2-4-9)7-14-8-13-6-5-11(14)15/h5-6,8-10H,1-4,7,12H2. The maximum atomic E-state index is 11.4. The zero-order chi connectivity index (χ0) is 10.7. The first kappa shape index (κ1) is 10.4. The van der Waals surface area contributed by atoms with Crippen molar-refractivity contribution in [3.8, 4) is 0 Å². The topological polar surface area (TPSA) is 60.9 Å². The van der Waals surface area contributed by atoms with Gasteiger partial charge in [0.1, 0.15) is 0 Å². The van der Waals surface area contributed by atoms with Crippen LogP contribution >= 0.6 is 0 Å². The first-order chi connectivity index (χ1) is 7.27. The van der Waals surface area contributed by atoms with Crippen LogP contribution in [-0.4, -0.2) is 15.6 Å². The van der Waals surface area contributed by atoms with Crippen molar-refractivity contribution in [1.29, 1.82) is 0 Å². The van der Waals surface area contributed by atoms with Crippen LogP contribution in [0.5, 0.6) is 0 Å². The fraction of sp³-hybridized carbons (Fsp3) is 0.636. The molecule has 4 nitrogen and oxygen atoms in total. The van der Waals surface area contributed by atoms with Gasteiger partial charge in [-0.15, -0.1) is 0 Å². The number of aromatic nitrogens is 2. The van der Waals surface area contributed by atoms with E-state index in [2.05, 4.69) is 4.98 Å². The Balaban J connectivity index is 2.02. The average Bonchev–Trinajstić information content (AvgIpc) is 2.74. The van der Waals surface area contributed by atoms with Gasteiger partial charge in [0, 0.05) is 24.8 Å². The minimum atomic E-state index is -0.0153. The van der Waals surface area contributed by atoms with Crippen LogP contribution in [0.2, 0.25) is 0 Å². The number of hydrogen-bond donors (Lipinski definition) is 1. The van der Waals surface area contributed by atoms with Crippen LogP contribution in [0.25, 0.3) is 0 Å². The summed E-state index contributed by atoms with van der Waals surface area (Å²) in [7, 11) is 0.